The number of phenolic OH excluding ortho intramolecular Hbond substituents is 1. The first-order valence-electron chi connectivity index (χ1n) is 4.73. The van der Waals surface area contributed by atoms with E-state index in [2.05, 4.69) is 0 Å². The molecule has 1 aromatic rings. The summed E-state index contributed by atoms with van der Waals surface area (Å²) in [7, 11) is 1.54. The molecule has 3 heteroatoms. The number of nitrogens with two attached hydrogens (primary N) is 1. The number of hydrogen-bond acceptors (Lipinski definition) is 3. The molecule has 0 radical (unpaired) electrons. The summed E-state index contributed by atoms with van der Waals surface area (Å²) < 4.78 is 5.06. The highest BCUT2D eigenvalue weighted by Crippen LogP contribution is 2.34. The minimum Gasteiger partial charge on any atom is -0.504 e. The van der Waals surface area contributed by atoms with Crippen molar-refractivity contribution in [3.8, 4) is 11.5 Å². The summed E-state index contributed by atoms with van der Waals surface area (Å²) in [6, 6.07) is 3.55. The average molecular weight is 195 g/mol. The van der Waals surface area contributed by atoms with Gasteiger partial charge in [-0.05, 0) is 25.0 Å². The number of aryl methyl sites for hydroxylation is 1. The Morgan fingerprint density at radius 1 is 1.50 bits per heavy atom. The molecular weight excluding hydrogens is 178 g/mol. The van der Waals surface area contributed by atoms with Crippen LogP contribution in [-0.2, 0) is 0 Å². The Morgan fingerprint density at radius 2 is 2.14 bits per heavy atom. The zero-order valence-corrected chi connectivity index (χ0v) is 8.87. The molecule has 14 heavy (non-hydrogen) atoms. The number of hydrogen-bond donors (Lipinski definition) is 2. The van der Waals surface area contributed by atoms with Crippen molar-refractivity contribution in [1.82, 2.24) is 0 Å². The van der Waals surface area contributed by atoms with Crippen molar-refractivity contribution in [1.29, 1.82) is 0 Å². The largest absolute Gasteiger partial charge is 0.504 e. The molecule has 0 spiro atoms. The van der Waals surface area contributed by atoms with E-state index in [1.165, 1.54) is 7.11 Å². The normalized spacial score (nSPS) is 12.6. The van der Waals surface area contributed by atoms with E-state index in [9.17, 15) is 5.11 Å². The van der Waals surface area contributed by atoms with Gasteiger partial charge < -0.3 is 15.6 Å². The van der Waals surface area contributed by atoms with Gasteiger partial charge in [-0.25, -0.2) is 0 Å². The van der Waals surface area contributed by atoms with Gasteiger partial charge in [-0.1, -0.05) is 13.0 Å². The van der Waals surface area contributed by atoms with E-state index < -0.39 is 0 Å². The van der Waals surface area contributed by atoms with Gasteiger partial charge in [0.2, 0.25) is 0 Å². The molecule has 0 amide bonds. The Kier molecular flexibility index (Phi) is 3.36. The molecule has 1 atom stereocenters. The van der Waals surface area contributed by atoms with Crippen molar-refractivity contribution in [2.45, 2.75) is 26.3 Å². The average Bonchev–Trinajstić information content (AvgIpc) is 2.19. The maximum atomic E-state index is 9.81. The quantitative estimate of drug-likeness (QED) is 0.776. The van der Waals surface area contributed by atoms with Gasteiger partial charge in [0.15, 0.2) is 11.5 Å². The Balaban J connectivity index is 3.21. The van der Waals surface area contributed by atoms with Crippen LogP contribution in [0.3, 0.4) is 0 Å². The van der Waals surface area contributed by atoms with Crippen molar-refractivity contribution >= 4 is 0 Å². The van der Waals surface area contributed by atoms with Crippen molar-refractivity contribution in [3.05, 3.63) is 23.3 Å². The van der Waals surface area contributed by atoms with Crippen LogP contribution in [0, 0.1) is 6.92 Å². The molecule has 3 N–H and O–H groups in total. The lowest BCUT2D eigenvalue weighted by atomic mass is 10.0. The molecule has 0 aliphatic heterocycles. The molecule has 78 valence electrons. The summed E-state index contributed by atoms with van der Waals surface area (Å²) in [5.41, 5.74) is 7.67. The molecule has 0 aliphatic rings. The third kappa shape index (κ3) is 1.99. The Morgan fingerprint density at radius 3 is 2.64 bits per heavy atom. The highest BCUT2D eigenvalue weighted by Gasteiger charge is 2.13. The van der Waals surface area contributed by atoms with Crippen molar-refractivity contribution < 1.29 is 9.84 Å². The number of aromatic hydroxyl groups is 1. The van der Waals surface area contributed by atoms with Crippen LogP contribution in [0.4, 0.5) is 0 Å². The van der Waals surface area contributed by atoms with Crippen LogP contribution in [0.5, 0.6) is 11.5 Å². The van der Waals surface area contributed by atoms with Gasteiger partial charge in [-0.2, -0.15) is 0 Å². The molecule has 0 heterocycles. The third-order valence-corrected chi connectivity index (χ3v) is 2.31. The zero-order valence-electron chi connectivity index (χ0n) is 8.87. The van der Waals surface area contributed by atoms with E-state index in [0.717, 1.165) is 17.5 Å². The molecule has 0 saturated heterocycles. The molecule has 0 saturated carbocycles. The molecule has 1 rings (SSSR count). The standard InChI is InChI=1S/C11H17NO2/c1-4-9(12)8-5-7(2)6-10(14-3)11(8)13/h5-6,9,13H,4,12H2,1-3H3. The van der Waals surface area contributed by atoms with Gasteiger partial charge in [0.25, 0.3) is 0 Å². The maximum Gasteiger partial charge on any atom is 0.162 e. The van der Waals surface area contributed by atoms with Gasteiger partial charge in [0, 0.05) is 11.6 Å². The van der Waals surface area contributed by atoms with E-state index in [-0.39, 0.29) is 11.8 Å². The second kappa shape index (κ2) is 4.33. The predicted molar refractivity (Wildman–Crippen MR) is 56.6 cm³/mol. The lowest BCUT2D eigenvalue weighted by Gasteiger charge is -2.14. The summed E-state index contributed by atoms with van der Waals surface area (Å²) in [6.45, 7) is 3.94. The molecule has 0 aliphatic carbocycles. The Hall–Kier alpha value is -1.22. The molecule has 1 aromatic carbocycles. The van der Waals surface area contributed by atoms with Crippen LogP contribution in [-0.4, -0.2) is 12.2 Å². The molecule has 3 nitrogen and oxygen atoms in total. The predicted octanol–water partition coefficient (Wildman–Crippen LogP) is 2.12. The van der Waals surface area contributed by atoms with E-state index in [4.69, 9.17) is 10.5 Å². The highest BCUT2D eigenvalue weighted by atomic mass is 16.5. The van der Waals surface area contributed by atoms with Gasteiger partial charge in [0.1, 0.15) is 0 Å². The van der Waals surface area contributed by atoms with Gasteiger partial charge in [-0.15, -0.1) is 0 Å². The van der Waals surface area contributed by atoms with Crippen molar-refractivity contribution in [2.24, 2.45) is 5.73 Å². The SMILES string of the molecule is CCC(N)c1cc(C)cc(OC)c1O. The summed E-state index contributed by atoms with van der Waals surface area (Å²) in [5.74, 6) is 0.649. The Labute approximate surface area is 84.5 Å². The monoisotopic (exact) mass is 195 g/mol. The van der Waals surface area contributed by atoms with E-state index in [1.807, 2.05) is 19.9 Å². The van der Waals surface area contributed by atoms with Crippen LogP contribution in [0.2, 0.25) is 0 Å². The van der Waals surface area contributed by atoms with Gasteiger partial charge in [-0.3, -0.25) is 0 Å². The number of rotatable bonds is 3. The number of methoxy groups -OCH3 is 1. The fourth-order valence-electron chi connectivity index (χ4n) is 1.43. The Bertz CT molecular complexity index is 323. The molecule has 0 fully saturated rings. The number of phenols is 1. The van der Waals surface area contributed by atoms with Crippen LogP contribution >= 0.6 is 0 Å². The van der Waals surface area contributed by atoms with Crippen LogP contribution < -0.4 is 10.5 Å². The second-order valence-electron chi connectivity index (χ2n) is 3.42. The molecular formula is C11H17NO2. The smallest absolute Gasteiger partial charge is 0.162 e. The van der Waals surface area contributed by atoms with Crippen molar-refractivity contribution in [3.63, 3.8) is 0 Å². The number of benzene rings is 1. The molecule has 0 aromatic heterocycles. The zero-order chi connectivity index (χ0) is 10.7. The van der Waals surface area contributed by atoms with Gasteiger partial charge in [0.05, 0.1) is 7.11 Å². The van der Waals surface area contributed by atoms with Crippen molar-refractivity contribution in [2.75, 3.05) is 7.11 Å². The van der Waals surface area contributed by atoms with E-state index in [1.54, 1.807) is 6.07 Å². The maximum absolute atomic E-state index is 9.81. The second-order valence-corrected chi connectivity index (χ2v) is 3.42. The fourth-order valence-corrected chi connectivity index (χ4v) is 1.43. The summed E-state index contributed by atoms with van der Waals surface area (Å²) in [5, 5.41) is 9.81. The fraction of sp³-hybridized carbons (Fsp3) is 0.455. The first-order valence-corrected chi connectivity index (χ1v) is 4.73. The molecule has 1 unspecified atom stereocenters. The minimum atomic E-state index is -0.135. The summed E-state index contributed by atoms with van der Waals surface area (Å²) in [4.78, 5) is 0. The van der Waals surface area contributed by atoms with Gasteiger partial charge >= 0.3 is 0 Å². The molecule has 0 bridgehead atoms. The van der Waals surface area contributed by atoms with Crippen LogP contribution in [0.15, 0.2) is 12.1 Å². The van der Waals surface area contributed by atoms with E-state index in [0.29, 0.717) is 5.75 Å². The van der Waals surface area contributed by atoms with Crippen LogP contribution in [0.1, 0.15) is 30.5 Å². The topological polar surface area (TPSA) is 55.5 Å². The summed E-state index contributed by atoms with van der Waals surface area (Å²) in [6.07, 6.45) is 0.792. The first kappa shape index (κ1) is 10.9. The third-order valence-electron chi connectivity index (χ3n) is 2.31. The summed E-state index contributed by atoms with van der Waals surface area (Å²) >= 11 is 0. The highest BCUT2D eigenvalue weighted by molar-refractivity contribution is 5.49. The van der Waals surface area contributed by atoms with Crippen LogP contribution in [0.25, 0.3) is 0 Å². The first-order chi connectivity index (χ1) is 6.60. The lowest BCUT2D eigenvalue weighted by Crippen LogP contribution is -2.09. The number of ether oxygens (including phenoxy) is 1. The lowest BCUT2D eigenvalue weighted by molar-refractivity contribution is 0.368. The minimum absolute atomic E-state index is 0.135. The van der Waals surface area contributed by atoms with E-state index >= 15 is 0 Å².